The third-order valence-corrected chi connectivity index (χ3v) is 6.27. The minimum Gasteiger partial charge on any atom is -0.466 e. The van der Waals surface area contributed by atoms with Crippen molar-refractivity contribution >= 4 is 17.6 Å². The van der Waals surface area contributed by atoms with Gasteiger partial charge in [0.15, 0.2) is 0 Å². The van der Waals surface area contributed by atoms with E-state index in [1.165, 1.54) is 19.1 Å². The molecule has 1 aliphatic heterocycles. The van der Waals surface area contributed by atoms with Gasteiger partial charge >= 0.3 is 11.9 Å². The number of carbonyl (C=O) groups excluding carboxylic acids is 2. The topological polar surface area (TPSA) is 106 Å². The summed E-state index contributed by atoms with van der Waals surface area (Å²) in [5.74, 6) is -2.42. The molecule has 0 bridgehead atoms. The van der Waals surface area contributed by atoms with Crippen molar-refractivity contribution in [3.63, 3.8) is 0 Å². The molecule has 7 heteroatoms. The van der Waals surface area contributed by atoms with E-state index in [0.29, 0.717) is 11.3 Å². The molecule has 0 amide bonds. The molecule has 1 unspecified atom stereocenters. The Morgan fingerprint density at radius 3 is 2.11 bits per heavy atom. The molecule has 3 aromatic carbocycles. The van der Waals surface area contributed by atoms with Crippen molar-refractivity contribution in [2.24, 2.45) is 5.73 Å². The van der Waals surface area contributed by atoms with Crippen molar-refractivity contribution in [1.29, 1.82) is 5.26 Å². The third kappa shape index (κ3) is 4.69. The van der Waals surface area contributed by atoms with Crippen molar-refractivity contribution in [1.82, 2.24) is 0 Å². The lowest BCUT2D eigenvalue weighted by Gasteiger charge is -2.36. The fourth-order valence-corrected chi connectivity index (χ4v) is 4.75. The van der Waals surface area contributed by atoms with Gasteiger partial charge < -0.3 is 15.2 Å². The first-order chi connectivity index (χ1) is 17.8. The fourth-order valence-electron chi connectivity index (χ4n) is 4.75. The SMILES string of the molecule is COC(=O)C1=C(C(=O)OC)N(c2cccc(-c3cc(C)cc(C)c3)c2)C(N)=C(C#N)C1c1ccccc1. The molecule has 186 valence electrons. The van der Waals surface area contributed by atoms with Crippen molar-refractivity contribution in [3.05, 3.63) is 112 Å². The van der Waals surface area contributed by atoms with Crippen LogP contribution in [0.2, 0.25) is 0 Å². The number of nitrogens with two attached hydrogens (primary N) is 1. The van der Waals surface area contributed by atoms with Crippen LogP contribution in [0.5, 0.6) is 0 Å². The third-order valence-electron chi connectivity index (χ3n) is 6.27. The van der Waals surface area contributed by atoms with E-state index >= 15 is 0 Å². The van der Waals surface area contributed by atoms with E-state index in [1.54, 1.807) is 30.3 Å². The van der Waals surface area contributed by atoms with Crippen LogP contribution in [-0.4, -0.2) is 26.2 Å². The number of rotatable bonds is 5. The zero-order chi connectivity index (χ0) is 26.7. The average molecular weight is 494 g/mol. The Balaban J connectivity index is 2.01. The van der Waals surface area contributed by atoms with Crippen LogP contribution in [0.15, 0.2) is 95.5 Å². The molecule has 0 saturated heterocycles. The maximum atomic E-state index is 13.3. The van der Waals surface area contributed by atoms with E-state index in [2.05, 4.69) is 24.3 Å². The molecule has 0 aliphatic carbocycles. The lowest BCUT2D eigenvalue weighted by molar-refractivity contribution is -0.139. The first-order valence-electron chi connectivity index (χ1n) is 11.6. The monoisotopic (exact) mass is 493 g/mol. The van der Waals surface area contributed by atoms with E-state index in [0.717, 1.165) is 22.3 Å². The lowest BCUT2D eigenvalue weighted by atomic mass is 9.81. The molecule has 0 aromatic heterocycles. The molecule has 2 N–H and O–H groups in total. The zero-order valence-electron chi connectivity index (χ0n) is 21.1. The van der Waals surface area contributed by atoms with Gasteiger partial charge in [0, 0.05) is 5.69 Å². The minimum atomic E-state index is -0.911. The molecular formula is C30H27N3O4. The van der Waals surface area contributed by atoms with Gasteiger partial charge in [-0.25, -0.2) is 9.59 Å². The van der Waals surface area contributed by atoms with Gasteiger partial charge in [-0.1, -0.05) is 71.8 Å². The van der Waals surface area contributed by atoms with E-state index in [-0.39, 0.29) is 22.7 Å². The predicted molar refractivity (Wildman–Crippen MR) is 141 cm³/mol. The second-order valence-electron chi connectivity index (χ2n) is 8.76. The Labute approximate surface area is 216 Å². The molecule has 7 nitrogen and oxygen atoms in total. The van der Waals surface area contributed by atoms with Gasteiger partial charge in [-0.3, -0.25) is 4.90 Å². The number of aryl methyl sites for hydroxylation is 2. The summed E-state index contributed by atoms with van der Waals surface area (Å²) in [7, 11) is 2.45. The maximum absolute atomic E-state index is 13.3. The molecule has 4 rings (SSSR count). The van der Waals surface area contributed by atoms with Gasteiger partial charge in [-0.15, -0.1) is 0 Å². The number of carbonyl (C=O) groups is 2. The van der Waals surface area contributed by atoms with Gasteiger partial charge in [0.1, 0.15) is 11.5 Å². The van der Waals surface area contributed by atoms with Crippen LogP contribution < -0.4 is 10.6 Å². The zero-order valence-corrected chi connectivity index (χ0v) is 21.1. The standard InChI is InChI=1S/C30H27N3O4/c1-18-13-19(2)15-22(14-18)21-11-8-12-23(16-21)33-27(30(35)37-4)26(29(34)36-3)25(24(17-31)28(33)32)20-9-6-5-7-10-20/h5-16,25H,32H2,1-4H3. The Morgan fingerprint density at radius 1 is 0.865 bits per heavy atom. The van der Waals surface area contributed by atoms with Crippen molar-refractivity contribution < 1.29 is 19.1 Å². The number of anilines is 1. The molecule has 37 heavy (non-hydrogen) atoms. The Morgan fingerprint density at radius 2 is 1.51 bits per heavy atom. The van der Waals surface area contributed by atoms with Gasteiger partial charge in [0.25, 0.3) is 0 Å². The second kappa shape index (κ2) is 10.4. The van der Waals surface area contributed by atoms with E-state index in [9.17, 15) is 14.9 Å². The van der Waals surface area contributed by atoms with Crippen molar-refractivity contribution in [2.75, 3.05) is 19.1 Å². The van der Waals surface area contributed by atoms with Gasteiger partial charge in [0.2, 0.25) is 0 Å². The van der Waals surface area contributed by atoms with Gasteiger partial charge in [0.05, 0.1) is 37.4 Å². The summed E-state index contributed by atoms with van der Waals surface area (Å²) in [6.45, 7) is 4.05. The summed E-state index contributed by atoms with van der Waals surface area (Å²) >= 11 is 0. The number of benzene rings is 3. The first-order valence-corrected chi connectivity index (χ1v) is 11.6. The van der Waals surface area contributed by atoms with Crippen LogP contribution >= 0.6 is 0 Å². The Bertz CT molecular complexity index is 1460. The molecule has 0 saturated carbocycles. The molecule has 1 atom stereocenters. The number of hydrogen-bond donors (Lipinski definition) is 1. The normalized spacial score (nSPS) is 15.3. The summed E-state index contributed by atoms with van der Waals surface area (Å²) in [5, 5.41) is 10.2. The smallest absolute Gasteiger partial charge is 0.355 e. The highest BCUT2D eigenvalue weighted by molar-refractivity contribution is 6.06. The number of nitriles is 1. The summed E-state index contributed by atoms with van der Waals surface area (Å²) < 4.78 is 10.2. The number of hydrogen-bond acceptors (Lipinski definition) is 7. The van der Waals surface area contributed by atoms with Gasteiger partial charge in [-0.05, 0) is 42.7 Å². The largest absolute Gasteiger partial charge is 0.466 e. The molecule has 1 aliphatic rings. The van der Waals surface area contributed by atoms with E-state index < -0.39 is 17.9 Å². The number of allylic oxidation sites excluding steroid dienone is 1. The lowest BCUT2D eigenvalue weighted by Crippen LogP contribution is -2.40. The summed E-state index contributed by atoms with van der Waals surface area (Å²) in [4.78, 5) is 27.9. The molecule has 3 aromatic rings. The highest BCUT2D eigenvalue weighted by atomic mass is 16.5. The van der Waals surface area contributed by atoms with Crippen LogP contribution in [0.3, 0.4) is 0 Å². The maximum Gasteiger partial charge on any atom is 0.355 e. The minimum absolute atomic E-state index is 0.0249. The predicted octanol–water partition coefficient (Wildman–Crippen LogP) is 4.87. The van der Waals surface area contributed by atoms with E-state index in [4.69, 9.17) is 15.2 Å². The molecular weight excluding hydrogens is 466 g/mol. The van der Waals surface area contributed by atoms with E-state index in [1.807, 2.05) is 38.1 Å². The summed E-state index contributed by atoms with van der Waals surface area (Å²) in [6, 6.07) is 24.7. The fraction of sp³-hybridized carbons (Fsp3) is 0.167. The van der Waals surface area contributed by atoms with Gasteiger partial charge in [-0.2, -0.15) is 5.26 Å². The summed E-state index contributed by atoms with van der Waals surface area (Å²) in [6.07, 6.45) is 0. The number of nitrogens with zero attached hydrogens (tertiary/aromatic N) is 2. The number of esters is 2. The van der Waals surface area contributed by atoms with Crippen LogP contribution in [0, 0.1) is 25.2 Å². The quantitative estimate of drug-likeness (QED) is 0.506. The van der Waals surface area contributed by atoms with Crippen LogP contribution in [-0.2, 0) is 19.1 Å². The first kappa shape index (κ1) is 25.3. The average Bonchev–Trinajstić information content (AvgIpc) is 2.91. The highest BCUT2D eigenvalue weighted by Crippen LogP contribution is 2.43. The highest BCUT2D eigenvalue weighted by Gasteiger charge is 2.43. The molecule has 1 heterocycles. The van der Waals surface area contributed by atoms with Crippen molar-refractivity contribution in [3.8, 4) is 17.2 Å². The summed E-state index contributed by atoms with van der Waals surface area (Å²) in [5.41, 5.74) is 11.8. The number of ether oxygens (including phenoxy) is 2. The number of methoxy groups -OCH3 is 2. The molecule has 0 radical (unpaired) electrons. The van der Waals surface area contributed by atoms with Crippen LogP contribution in [0.25, 0.3) is 11.1 Å². The Hall–Kier alpha value is -4.83. The Kier molecular flexibility index (Phi) is 7.12. The van der Waals surface area contributed by atoms with Crippen molar-refractivity contribution in [2.45, 2.75) is 19.8 Å². The second-order valence-corrected chi connectivity index (χ2v) is 8.76. The molecule has 0 spiro atoms. The van der Waals surface area contributed by atoms with Crippen LogP contribution in [0.4, 0.5) is 5.69 Å². The van der Waals surface area contributed by atoms with Crippen LogP contribution in [0.1, 0.15) is 22.6 Å². The molecule has 0 fully saturated rings.